The van der Waals surface area contributed by atoms with Crippen LogP contribution in [-0.4, -0.2) is 47.4 Å². The molecule has 0 aromatic heterocycles. The van der Waals surface area contributed by atoms with Crippen molar-refractivity contribution in [1.29, 1.82) is 0 Å². The molecule has 0 aromatic carbocycles. The summed E-state index contributed by atoms with van der Waals surface area (Å²) in [5, 5.41) is 23.3. The van der Waals surface area contributed by atoms with Crippen molar-refractivity contribution in [2.75, 3.05) is 13.2 Å². The molecule has 2 atom stereocenters. The first kappa shape index (κ1) is 82.1. The number of carbonyl (C=O) groups excluding carboxylic acids is 2. The maximum atomic E-state index is 12.5. The van der Waals surface area contributed by atoms with Crippen LogP contribution in [0.15, 0.2) is 36.5 Å². The van der Waals surface area contributed by atoms with E-state index in [4.69, 9.17) is 4.74 Å². The van der Waals surface area contributed by atoms with Crippen LogP contribution in [0.1, 0.15) is 425 Å². The number of hydrogen-bond donors (Lipinski definition) is 3. The topological polar surface area (TPSA) is 95.9 Å². The van der Waals surface area contributed by atoms with Gasteiger partial charge in [0.1, 0.15) is 0 Å². The van der Waals surface area contributed by atoms with E-state index in [1.54, 1.807) is 6.08 Å². The Morgan fingerprint density at radius 3 is 0.869 bits per heavy atom. The van der Waals surface area contributed by atoms with Gasteiger partial charge in [0.2, 0.25) is 5.91 Å². The number of ether oxygens (including phenoxy) is 1. The Bertz CT molecular complexity index is 1360. The first-order chi connectivity index (χ1) is 41.5. The first-order valence-electron chi connectivity index (χ1n) is 38.3. The van der Waals surface area contributed by atoms with E-state index in [0.29, 0.717) is 19.4 Å². The second-order valence-electron chi connectivity index (χ2n) is 26.3. The zero-order valence-corrected chi connectivity index (χ0v) is 56.9. The molecule has 0 spiro atoms. The average Bonchev–Trinajstić information content (AvgIpc) is 3.51. The van der Waals surface area contributed by atoms with E-state index >= 15 is 0 Å². The zero-order valence-electron chi connectivity index (χ0n) is 56.9. The molecule has 0 aromatic rings. The van der Waals surface area contributed by atoms with Crippen molar-refractivity contribution in [3.05, 3.63) is 36.5 Å². The lowest BCUT2D eigenvalue weighted by molar-refractivity contribution is -0.143. The van der Waals surface area contributed by atoms with Crippen LogP contribution in [-0.2, 0) is 14.3 Å². The quantitative estimate of drug-likeness (QED) is 0.0320. The Kier molecular flexibility index (Phi) is 71.9. The first-order valence-corrected chi connectivity index (χ1v) is 38.3. The van der Waals surface area contributed by atoms with Gasteiger partial charge in [-0.25, -0.2) is 0 Å². The number of amides is 1. The minimum absolute atomic E-state index is 0.00879. The van der Waals surface area contributed by atoms with Gasteiger partial charge in [-0.2, -0.15) is 0 Å². The minimum atomic E-state index is -0.844. The lowest BCUT2D eigenvalue weighted by Crippen LogP contribution is -2.45. The van der Waals surface area contributed by atoms with Crippen molar-refractivity contribution in [2.45, 2.75) is 437 Å². The molecule has 0 aliphatic carbocycles. The lowest BCUT2D eigenvalue weighted by atomic mass is 10.0. The Labute approximate surface area is 525 Å². The number of allylic oxidation sites excluding steroid dienone is 5. The smallest absolute Gasteiger partial charge is 0.305 e. The summed E-state index contributed by atoms with van der Waals surface area (Å²) in [6.07, 6.45) is 95.4. The van der Waals surface area contributed by atoms with Crippen LogP contribution >= 0.6 is 0 Å². The molecule has 0 aliphatic heterocycles. The summed E-state index contributed by atoms with van der Waals surface area (Å²) in [6.45, 7) is 4.92. The fourth-order valence-electron chi connectivity index (χ4n) is 12.0. The average molecular weight is 1180 g/mol. The van der Waals surface area contributed by atoms with Gasteiger partial charge in [-0.05, 0) is 83.5 Å². The fourth-order valence-corrected chi connectivity index (χ4v) is 12.0. The van der Waals surface area contributed by atoms with Gasteiger partial charge in [0.05, 0.1) is 25.4 Å². The summed E-state index contributed by atoms with van der Waals surface area (Å²) in [5.74, 6) is -0.0517. The molecule has 0 fully saturated rings. The highest BCUT2D eigenvalue weighted by Crippen LogP contribution is 2.19. The molecule has 0 saturated carbocycles. The third-order valence-electron chi connectivity index (χ3n) is 17.9. The molecule has 1 amide bonds. The van der Waals surface area contributed by atoms with Gasteiger partial charge >= 0.3 is 5.97 Å². The van der Waals surface area contributed by atoms with Crippen molar-refractivity contribution in [3.8, 4) is 0 Å². The summed E-state index contributed by atoms with van der Waals surface area (Å²) in [5.41, 5.74) is 0. The molecule has 6 nitrogen and oxygen atoms in total. The fraction of sp³-hybridized carbons (Fsp3) is 0.897. The predicted octanol–water partition coefficient (Wildman–Crippen LogP) is 25.0. The second-order valence-corrected chi connectivity index (χ2v) is 26.3. The van der Waals surface area contributed by atoms with Crippen molar-refractivity contribution >= 4 is 11.9 Å². The van der Waals surface area contributed by atoms with Gasteiger partial charge in [0, 0.05) is 12.8 Å². The van der Waals surface area contributed by atoms with Crippen LogP contribution in [0, 0.1) is 0 Å². The predicted molar refractivity (Wildman–Crippen MR) is 370 cm³/mol. The molecule has 0 bridgehead atoms. The molecule has 3 N–H and O–H groups in total. The van der Waals surface area contributed by atoms with Crippen LogP contribution in [0.3, 0.4) is 0 Å². The highest BCUT2D eigenvalue weighted by Gasteiger charge is 2.18. The molecule has 2 unspecified atom stereocenters. The largest absolute Gasteiger partial charge is 0.466 e. The van der Waals surface area contributed by atoms with Gasteiger partial charge in [0.15, 0.2) is 0 Å². The summed E-state index contributed by atoms with van der Waals surface area (Å²) in [7, 11) is 0. The number of carbonyl (C=O) groups is 2. The lowest BCUT2D eigenvalue weighted by Gasteiger charge is -2.20. The van der Waals surface area contributed by atoms with E-state index < -0.39 is 12.1 Å². The van der Waals surface area contributed by atoms with Gasteiger partial charge in [0.25, 0.3) is 0 Å². The SMILES string of the molecule is CCCCC/C=C\CCCCCCCC(=O)OCCCCCCCCCCCCCC/C=C\CCCCCCCCCCCCCCCCCCCC(=O)NC(CO)C(O)/C=C/CCCCCCCCCCCCCCCCCCCCCC. The molecular formula is C78H149NO5. The molecule has 0 heterocycles. The van der Waals surface area contributed by atoms with Crippen LogP contribution in [0.5, 0.6) is 0 Å². The van der Waals surface area contributed by atoms with Gasteiger partial charge < -0.3 is 20.3 Å². The Balaban J connectivity index is 3.38. The summed E-state index contributed by atoms with van der Waals surface area (Å²) in [6, 6.07) is -0.627. The van der Waals surface area contributed by atoms with Crippen LogP contribution in [0.4, 0.5) is 0 Å². The number of aliphatic hydroxyl groups excluding tert-OH is 2. The number of nitrogens with one attached hydrogen (secondary N) is 1. The third kappa shape index (κ3) is 69.2. The van der Waals surface area contributed by atoms with E-state index in [2.05, 4.69) is 43.5 Å². The van der Waals surface area contributed by atoms with Gasteiger partial charge in [-0.15, -0.1) is 0 Å². The van der Waals surface area contributed by atoms with Crippen molar-refractivity contribution in [2.24, 2.45) is 0 Å². The molecule has 84 heavy (non-hydrogen) atoms. The molecular weight excluding hydrogens is 1030 g/mol. The number of unbranched alkanes of at least 4 members (excludes halogenated alkanes) is 57. The normalized spacial score (nSPS) is 12.7. The second kappa shape index (κ2) is 73.5. The molecule has 0 aliphatic rings. The van der Waals surface area contributed by atoms with Crippen molar-refractivity contribution in [3.63, 3.8) is 0 Å². The highest BCUT2D eigenvalue weighted by molar-refractivity contribution is 5.76. The van der Waals surface area contributed by atoms with E-state index in [-0.39, 0.29) is 18.5 Å². The summed E-state index contributed by atoms with van der Waals surface area (Å²) >= 11 is 0. The van der Waals surface area contributed by atoms with E-state index in [9.17, 15) is 19.8 Å². The van der Waals surface area contributed by atoms with E-state index in [1.807, 2.05) is 6.08 Å². The number of rotatable bonds is 72. The van der Waals surface area contributed by atoms with Crippen molar-refractivity contribution < 1.29 is 24.5 Å². The van der Waals surface area contributed by atoms with E-state index in [0.717, 1.165) is 44.9 Å². The Morgan fingerprint density at radius 1 is 0.321 bits per heavy atom. The van der Waals surface area contributed by atoms with Gasteiger partial charge in [-0.1, -0.05) is 365 Å². The van der Waals surface area contributed by atoms with Gasteiger partial charge in [-0.3, -0.25) is 9.59 Å². The Morgan fingerprint density at radius 2 is 0.560 bits per heavy atom. The number of aliphatic hydroxyl groups is 2. The van der Waals surface area contributed by atoms with Crippen LogP contribution in [0.2, 0.25) is 0 Å². The number of hydrogen-bond acceptors (Lipinski definition) is 5. The molecule has 0 saturated heterocycles. The molecule has 496 valence electrons. The Hall–Kier alpha value is -1.92. The maximum Gasteiger partial charge on any atom is 0.305 e. The van der Waals surface area contributed by atoms with Crippen molar-refractivity contribution in [1.82, 2.24) is 5.32 Å². The third-order valence-corrected chi connectivity index (χ3v) is 17.9. The van der Waals surface area contributed by atoms with Crippen LogP contribution < -0.4 is 5.32 Å². The maximum absolute atomic E-state index is 12.5. The zero-order chi connectivity index (χ0) is 60.6. The van der Waals surface area contributed by atoms with Crippen LogP contribution in [0.25, 0.3) is 0 Å². The summed E-state index contributed by atoms with van der Waals surface area (Å²) in [4.78, 5) is 24.6. The molecule has 0 rings (SSSR count). The molecule has 0 radical (unpaired) electrons. The highest BCUT2D eigenvalue weighted by atomic mass is 16.5. The monoisotopic (exact) mass is 1180 g/mol. The molecule has 6 heteroatoms. The van der Waals surface area contributed by atoms with E-state index in [1.165, 1.54) is 353 Å². The summed E-state index contributed by atoms with van der Waals surface area (Å²) < 4.78 is 5.48. The minimum Gasteiger partial charge on any atom is -0.466 e. The number of esters is 1. The standard InChI is InChI=1S/C78H149NO5/c1-3-5-7-9-11-13-15-17-18-19-20-21-35-38-41-44-47-50-54-58-62-66-70-76(81)75(74-80)79-77(82)71-67-63-59-55-51-48-45-42-39-36-33-31-29-27-25-23-22-24-26-28-30-32-34-37-40-43-46-49-53-57-61-65-69-73-84-78(83)72-68-64-60-56-52-16-14-12-10-8-6-4-2/h12,14,26,28,66,70,75-76,80-81H,3-11,13,15-25,27,29-65,67-69,71-74H2,1-2H3,(H,79,82)/b14-12-,28-26-,70-66+.